The predicted molar refractivity (Wildman–Crippen MR) is 129 cm³/mol. The molecule has 1 aromatic rings. The van der Waals surface area contributed by atoms with Crippen LogP contribution in [0.5, 0.6) is 0 Å². The second-order valence-corrected chi connectivity index (χ2v) is 8.89. The van der Waals surface area contributed by atoms with Gasteiger partial charge in [0.15, 0.2) is 0 Å². The lowest BCUT2D eigenvalue weighted by molar-refractivity contribution is -0.116. The molecule has 1 rings (SSSR count). The number of nitrogens with zero attached hydrogens (tertiary/aromatic N) is 1. The minimum Gasteiger partial charge on any atom is -0.326 e. The van der Waals surface area contributed by atoms with Crippen molar-refractivity contribution in [3.8, 4) is 0 Å². The zero-order chi connectivity index (χ0) is 21.4. The van der Waals surface area contributed by atoms with E-state index in [-0.39, 0.29) is 5.91 Å². The molecule has 1 N–H and O–H groups in total. The summed E-state index contributed by atoms with van der Waals surface area (Å²) in [6, 6.07) is 8.17. The van der Waals surface area contributed by atoms with Crippen molar-refractivity contribution in [3.05, 3.63) is 36.9 Å². The molecule has 1 aromatic carbocycles. The van der Waals surface area contributed by atoms with Crippen LogP contribution in [0.1, 0.15) is 90.4 Å². The maximum absolute atomic E-state index is 12.2. The van der Waals surface area contributed by atoms with E-state index in [4.69, 9.17) is 0 Å². The van der Waals surface area contributed by atoms with E-state index in [0.717, 1.165) is 29.6 Å². The molecule has 29 heavy (non-hydrogen) atoms. The first-order valence-electron chi connectivity index (χ1n) is 11.8. The first kappa shape index (κ1) is 25.4. The number of likely N-dealkylation sites (N-methyl/N-ethyl adjacent to an activating group) is 1. The zero-order valence-electron chi connectivity index (χ0n) is 19.3. The number of unbranched alkanes of at least 4 members (excludes halogenated alkanes) is 11. The van der Waals surface area contributed by atoms with Gasteiger partial charge in [0.25, 0.3) is 0 Å². The number of amides is 1. The van der Waals surface area contributed by atoms with E-state index in [0.29, 0.717) is 6.42 Å². The molecule has 0 spiro atoms. The molecule has 0 aromatic heterocycles. The lowest BCUT2D eigenvalue weighted by atomic mass is 10.0. The SMILES string of the molecule is C=CC[N+](C)(C)c1ccc(NC(=O)CCCCCCCCCCCCCC)cc1. The molecule has 3 nitrogen and oxygen atoms in total. The van der Waals surface area contributed by atoms with Crippen LogP contribution in [-0.2, 0) is 4.79 Å². The Bertz CT molecular complexity index is 563. The van der Waals surface area contributed by atoms with Crippen molar-refractivity contribution in [2.24, 2.45) is 0 Å². The fourth-order valence-corrected chi connectivity index (χ4v) is 3.73. The third-order valence-electron chi connectivity index (χ3n) is 5.69. The number of nitrogens with one attached hydrogen (secondary N) is 1. The summed E-state index contributed by atoms with van der Waals surface area (Å²) in [6.07, 6.45) is 18.4. The lowest BCUT2D eigenvalue weighted by Gasteiger charge is -2.27. The molecule has 164 valence electrons. The van der Waals surface area contributed by atoms with Crippen molar-refractivity contribution in [1.29, 1.82) is 0 Å². The highest BCUT2D eigenvalue weighted by molar-refractivity contribution is 5.90. The monoisotopic (exact) mass is 401 g/mol. The van der Waals surface area contributed by atoms with Gasteiger partial charge in [-0.15, -0.1) is 0 Å². The van der Waals surface area contributed by atoms with Crippen LogP contribution in [0.3, 0.4) is 0 Å². The van der Waals surface area contributed by atoms with Crippen LogP contribution in [0.2, 0.25) is 0 Å². The van der Waals surface area contributed by atoms with E-state index < -0.39 is 0 Å². The maximum atomic E-state index is 12.2. The molecule has 0 saturated heterocycles. The molecule has 0 aliphatic rings. The van der Waals surface area contributed by atoms with Crippen LogP contribution in [0.25, 0.3) is 0 Å². The smallest absolute Gasteiger partial charge is 0.224 e. The highest BCUT2D eigenvalue weighted by Gasteiger charge is 2.16. The van der Waals surface area contributed by atoms with Gasteiger partial charge in [0.2, 0.25) is 5.91 Å². The van der Waals surface area contributed by atoms with E-state index in [1.165, 1.54) is 69.9 Å². The van der Waals surface area contributed by atoms with Gasteiger partial charge in [-0.2, -0.15) is 0 Å². The van der Waals surface area contributed by atoms with Crippen molar-refractivity contribution in [3.63, 3.8) is 0 Å². The van der Waals surface area contributed by atoms with Gasteiger partial charge < -0.3 is 5.32 Å². The third kappa shape index (κ3) is 11.9. The van der Waals surface area contributed by atoms with Crippen LogP contribution >= 0.6 is 0 Å². The molecule has 0 fully saturated rings. The quantitative estimate of drug-likeness (QED) is 0.164. The van der Waals surface area contributed by atoms with Crippen molar-refractivity contribution < 1.29 is 4.79 Å². The van der Waals surface area contributed by atoms with E-state index in [2.05, 4.69) is 45.0 Å². The summed E-state index contributed by atoms with van der Waals surface area (Å²) in [5.41, 5.74) is 2.10. The zero-order valence-corrected chi connectivity index (χ0v) is 19.3. The Morgan fingerprint density at radius 3 is 1.83 bits per heavy atom. The van der Waals surface area contributed by atoms with Crippen molar-refractivity contribution in [1.82, 2.24) is 4.48 Å². The number of carbonyl (C=O) groups excluding carboxylic acids is 1. The summed E-state index contributed by atoms with van der Waals surface area (Å²) in [5, 5.41) is 3.03. The van der Waals surface area contributed by atoms with Crippen LogP contribution in [0, 0.1) is 0 Å². The fraction of sp³-hybridized carbons (Fsp3) is 0.654. The average molecular weight is 402 g/mol. The molecular weight excluding hydrogens is 356 g/mol. The van der Waals surface area contributed by atoms with Crippen LogP contribution in [0.15, 0.2) is 36.9 Å². The summed E-state index contributed by atoms with van der Waals surface area (Å²) in [7, 11) is 4.31. The van der Waals surface area contributed by atoms with Crippen LogP contribution in [-0.4, -0.2) is 26.5 Å². The fourth-order valence-electron chi connectivity index (χ4n) is 3.73. The number of hydrogen-bond acceptors (Lipinski definition) is 1. The summed E-state index contributed by atoms with van der Waals surface area (Å²) >= 11 is 0. The molecule has 0 aliphatic heterocycles. The molecule has 3 heteroatoms. The number of carbonyl (C=O) groups is 1. The Balaban J connectivity index is 2.07. The topological polar surface area (TPSA) is 29.1 Å². The highest BCUT2D eigenvalue weighted by Crippen LogP contribution is 2.21. The number of rotatable bonds is 17. The molecule has 0 atom stereocenters. The molecular formula is C26H45N2O+. The van der Waals surface area contributed by atoms with Crippen LogP contribution in [0.4, 0.5) is 11.4 Å². The molecule has 0 radical (unpaired) electrons. The molecule has 1 amide bonds. The Morgan fingerprint density at radius 1 is 0.862 bits per heavy atom. The van der Waals surface area contributed by atoms with Gasteiger partial charge >= 0.3 is 0 Å². The molecule has 0 unspecified atom stereocenters. The average Bonchev–Trinajstić information content (AvgIpc) is 2.69. The van der Waals surface area contributed by atoms with Crippen LogP contribution < -0.4 is 9.80 Å². The maximum Gasteiger partial charge on any atom is 0.224 e. The molecule has 0 heterocycles. The Labute approximate surface area is 180 Å². The van der Waals surface area contributed by atoms with Crippen molar-refractivity contribution in [2.75, 3.05) is 26.0 Å². The highest BCUT2D eigenvalue weighted by atomic mass is 16.1. The van der Waals surface area contributed by atoms with Gasteiger partial charge in [0.05, 0.1) is 14.1 Å². The Morgan fingerprint density at radius 2 is 1.34 bits per heavy atom. The van der Waals surface area contributed by atoms with E-state index >= 15 is 0 Å². The van der Waals surface area contributed by atoms with E-state index in [1.54, 1.807) is 0 Å². The molecule has 0 aliphatic carbocycles. The minimum atomic E-state index is 0.129. The van der Waals surface area contributed by atoms with E-state index in [1.807, 2.05) is 18.2 Å². The van der Waals surface area contributed by atoms with Crippen molar-refractivity contribution in [2.45, 2.75) is 90.4 Å². The second kappa shape index (κ2) is 15.3. The summed E-state index contributed by atoms with van der Waals surface area (Å²) < 4.78 is 0.760. The minimum absolute atomic E-state index is 0.129. The molecule has 0 bridgehead atoms. The van der Waals surface area contributed by atoms with Gasteiger partial charge in [0, 0.05) is 24.2 Å². The van der Waals surface area contributed by atoms with E-state index in [9.17, 15) is 4.79 Å². The summed E-state index contributed by atoms with van der Waals surface area (Å²) in [4.78, 5) is 12.2. The standard InChI is InChI=1S/C26H44N2O/c1-5-7-8-9-10-11-12-13-14-15-16-17-18-26(29)27-24-19-21-25(22-20-24)28(3,4)23-6-2/h6,19-22H,2,5,7-18,23H2,1,3-4H3/p+1. The Hall–Kier alpha value is -1.61. The van der Waals surface area contributed by atoms with Gasteiger partial charge in [0.1, 0.15) is 12.2 Å². The first-order valence-corrected chi connectivity index (χ1v) is 11.8. The Kier molecular flexibility index (Phi) is 13.4. The third-order valence-corrected chi connectivity index (χ3v) is 5.69. The number of benzene rings is 1. The van der Waals surface area contributed by atoms with Gasteiger partial charge in [-0.25, -0.2) is 0 Å². The summed E-state index contributed by atoms with van der Waals surface area (Å²) in [6.45, 7) is 6.98. The lowest BCUT2D eigenvalue weighted by Crippen LogP contribution is -2.40. The summed E-state index contributed by atoms with van der Waals surface area (Å²) in [5.74, 6) is 0.129. The second-order valence-electron chi connectivity index (χ2n) is 8.89. The number of hydrogen-bond donors (Lipinski definition) is 1. The first-order chi connectivity index (χ1) is 14.0. The number of anilines is 1. The number of quaternary nitrogens is 1. The normalized spacial score (nSPS) is 11.4. The molecule has 0 saturated carbocycles. The van der Waals surface area contributed by atoms with Crippen molar-refractivity contribution >= 4 is 17.3 Å². The van der Waals surface area contributed by atoms with Gasteiger partial charge in [-0.3, -0.25) is 9.28 Å². The largest absolute Gasteiger partial charge is 0.326 e. The predicted octanol–water partition coefficient (Wildman–Crippen LogP) is 7.47. The van der Waals surface area contributed by atoms with Gasteiger partial charge in [-0.05, 0) is 24.6 Å². The van der Waals surface area contributed by atoms with Gasteiger partial charge in [-0.1, -0.05) is 84.1 Å².